The normalized spacial score (nSPS) is 21.8. The molecule has 1 aliphatic carbocycles. The molecule has 0 unspecified atom stereocenters. The summed E-state index contributed by atoms with van der Waals surface area (Å²) in [5.41, 5.74) is 7.06. The molecule has 0 radical (unpaired) electrons. The van der Waals surface area contributed by atoms with E-state index in [1.807, 2.05) is 0 Å². The second-order valence-corrected chi connectivity index (χ2v) is 5.52. The maximum absolute atomic E-state index is 13.9. The van der Waals surface area contributed by atoms with Gasteiger partial charge in [-0.1, -0.05) is 25.3 Å². The molecule has 0 bridgehead atoms. The summed E-state index contributed by atoms with van der Waals surface area (Å²) in [6.07, 6.45) is 6.07. The standard InChI is InChI=1S/C15H20FNO2/c16-12-6-5-11(15(17)7-2-1-3-8-15)13-14(12)19-10-4-9-18-13/h5-6H,1-4,7-10,17H2. The predicted molar refractivity (Wildman–Crippen MR) is 71.0 cm³/mol. The molecular weight excluding hydrogens is 245 g/mol. The summed E-state index contributed by atoms with van der Waals surface area (Å²) < 4.78 is 25.1. The van der Waals surface area contributed by atoms with Crippen LogP contribution in [0.3, 0.4) is 0 Å². The number of halogens is 1. The first-order chi connectivity index (χ1) is 9.21. The van der Waals surface area contributed by atoms with Gasteiger partial charge >= 0.3 is 0 Å². The SMILES string of the molecule is NC1(c2ccc(F)c3c2OCCCO3)CCCCC1. The minimum Gasteiger partial charge on any atom is -0.489 e. The van der Waals surface area contributed by atoms with Crippen molar-refractivity contribution in [2.24, 2.45) is 5.73 Å². The second-order valence-electron chi connectivity index (χ2n) is 5.52. The quantitative estimate of drug-likeness (QED) is 0.848. The maximum atomic E-state index is 13.9. The summed E-state index contributed by atoms with van der Waals surface area (Å²) in [6.45, 7) is 1.05. The first-order valence-corrected chi connectivity index (χ1v) is 7.08. The number of ether oxygens (including phenoxy) is 2. The van der Waals surface area contributed by atoms with Crippen LogP contribution in [-0.2, 0) is 5.54 Å². The van der Waals surface area contributed by atoms with Crippen LogP contribution in [0.4, 0.5) is 4.39 Å². The number of rotatable bonds is 1. The van der Waals surface area contributed by atoms with E-state index in [2.05, 4.69) is 0 Å². The Morgan fingerprint density at radius 3 is 2.37 bits per heavy atom. The van der Waals surface area contributed by atoms with E-state index in [1.54, 1.807) is 6.07 Å². The van der Waals surface area contributed by atoms with Crippen LogP contribution in [0.2, 0.25) is 0 Å². The van der Waals surface area contributed by atoms with Crippen molar-refractivity contribution >= 4 is 0 Å². The number of hydrogen-bond donors (Lipinski definition) is 1. The van der Waals surface area contributed by atoms with E-state index in [1.165, 1.54) is 12.5 Å². The highest BCUT2D eigenvalue weighted by atomic mass is 19.1. The van der Waals surface area contributed by atoms with Crippen LogP contribution in [0, 0.1) is 5.82 Å². The molecule has 1 heterocycles. The maximum Gasteiger partial charge on any atom is 0.197 e. The lowest BCUT2D eigenvalue weighted by molar-refractivity contribution is 0.271. The Balaban J connectivity index is 2.06. The molecule has 0 amide bonds. The zero-order valence-electron chi connectivity index (χ0n) is 11.1. The summed E-state index contributed by atoms with van der Waals surface area (Å²) in [5.74, 6) is 0.410. The Morgan fingerprint density at radius 2 is 1.63 bits per heavy atom. The minimum absolute atomic E-state index is 0.241. The number of benzene rings is 1. The summed E-state index contributed by atoms with van der Waals surface area (Å²) >= 11 is 0. The fourth-order valence-electron chi connectivity index (χ4n) is 3.07. The monoisotopic (exact) mass is 265 g/mol. The van der Waals surface area contributed by atoms with Crippen LogP contribution in [0.5, 0.6) is 11.5 Å². The summed E-state index contributed by atoms with van der Waals surface area (Å²) in [4.78, 5) is 0. The van der Waals surface area contributed by atoms with Gasteiger partial charge in [-0.2, -0.15) is 0 Å². The van der Waals surface area contributed by atoms with Crippen molar-refractivity contribution < 1.29 is 13.9 Å². The third kappa shape index (κ3) is 2.29. The molecular formula is C15H20FNO2. The number of fused-ring (bicyclic) bond motifs is 1. The van der Waals surface area contributed by atoms with Crippen LogP contribution in [-0.4, -0.2) is 13.2 Å². The van der Waals surface area contributed by atoms with Gasteiger partial charge in [-0.3, -0.25) is 0 Å². The number of hydrogen-bond acceptors (Lipinski definition) is 3. The minimum atomic E-state index is -0.399. The molecule has 0 saturated heterocycles. The van der Waals surface area contributed by atoms with Gasteiger partial charge in [0.15, 0.2) is 17.3 Å². The molecule has 19 heavy (non-hydrogen) atoms. The molecule has 1 aromatic carbocycles. The van der Waals surface area contributed by atoms with Gasteiger partial charge in [-0.25, -0.2) is 4.39 Å². The summed E-state index contributed by atoms with van der Waals surface area (Å²) in [5, 5.41) is 0. The molecule has 1 aliphatic heterocycles. The second kappa shape index (κ2) is 5.00. The lowest BCUT2D eigenvalue weighted by atomic mass is 9.77. The Hall–Kier alpha value is -1.29. The zero-order chi connectivity index (χ0) is 13.3. The third-order valence-electron chi connectivity index (χ3n) is 4.13. The first kappa shape index (κ1) is 12.7. The molecule has 0 atom stereocenters. The van der Waals surface area contributed by atoms with Crippen molar-refractivity contribution in [2.45, 2.75) is 44.1 Å². The Labute approximate surface area is 112 Å². The van der Waals surface area contributed by atoms with Crippen molar-refractivity contribution in [3.63, 3.8) is 0 Å². The van der Waals surface area contributed by atoms with E-state index >= 15 is 0 Å². The van der Waals surface area contributed by atoms with Gasteiger partial charge in [0.05, 0.1) is 13.2 Å². The van der Waals surface area contributed by atoms with Crippen LogP contribution in [0.1, 0.15) is 44.1 Å². The predicted octanol–water partition coefficient (Wildman–Crippen LogP) is 3.11. The average molecular weight is 265 g/mol. The van der Waals surface area contributed by atoms with Gasteiger partial charge in [-0.15, -0.1) is 0 Å². The molecule has 0 aromatic heterocycles. The Kier molecular flexibility index (Phi) is 3.35. The highest BCUT2D eigenvalue weighted by Gasteiger charge is 2.34. The fourth-order valence-corrected chi connectivity index (χ4v) is 3.07. The van der Waals surface area contributed by atoms with Crippen LogP contribution in [0.15, 0.2) is 12.1 Å². The van der Waals surface area contributed by atoms with Gasteiger partial charge in [0, 0.05) is 17.5 Å². The van der Waals surface area contributed by atoms with Crippen molar-refractivity contribution in [3.05, 3.63) is 23.5 Å². The topological polar surface area (TPSA) is 44.5 Å². The zero-order valence-corrected chi connectivity index (χ0v) is 11.1. The van der Waals surface area contributed by atoms with Gasteiger partial charge < -0.3 is 15.2 Å². The summed E-state index contributed by atoms with van der Waals surface area (Å²) in [6, 6.07) is 3.22. The molecule has 2 N–H and O–H groups in total. The van der Waals surface area contributed by atoms with Crippen LogP contribution >= 0.6 is 0 Å². The van der Waals surface area contributed by atoms with Gasteiger partial charge in [0.2, 0.25) is 0 Å². The molecule has 3 nitrogen and oxygen atoms in total. The van der Waals surface area contributed by atoms with E-state index in [0.29, 0.717) is 19.0 Å². The molecule has 2 aliphatic rings. The molecule has 3 rings (SSSR count). The van der Waals surface area contributed by atoms with E-state index in [4.69, 9.17) is 15.2 Å². The molecule has 1 saturated carbocycles. The fraction of sp³-hybridized carbons (Fsp3) is 0.600. The van der Waals surface area contributed by atoms with Crippen molar-refractivity contribution in [3.8, 4) is 11.5 Å². The molecule has 1 fully saturated rings. The van der Waals surface area contributed by atoms with Gasteiger partial charge in [0.1, 0.15) is 0 Å². The lowest BCUT2D eigenvalue weighted by Gasteiger charge is -2.35. The highest BCUT2D eigenvalue weighted by molar-refractivity contribution is 5.51. The Morgan fingerprint density at radius 1 is 0.947 bits per heavy atom. The van der Waals surface area contributed by atoms with Gasteiger partial charge in [0.25, 0.3) is 0 Å². The molecule has 0 spiro atoms. The highest BCUT2D eigenvalue weighted by Crippen LogP contribution is 2.45. The van der Waals surface area contributed by atoms with Crippen molar-refractivity contribution in [1.82, 2.24) is 0 Å². The average Bonchev–Trinajstić information content (AvgIpc) is 2.66. The summed E-state index contributed by atoms with van der Waals surface area (Å²) in [7, 11) is 0. The van der Waals surface area contributed by atoms with E-state index in [9.17, 15) is 4.39 Å². The molecule has 1 aromatic rings. The van der Waals surface area contributed by atoms with Gasteiger partial charge in [-0.05, 0) is 18.9 Å². The third-order valence-corrected chi connectivity index (χ3v) is 4.13. The van der Waals surface area contributed by atoms with E-state index in [-0.39, 0.29) is 11.6 Å². The Bertz CT molecular complexity index is 469. The largest absolute Gasteiger partial charge is 0.489 e. The molecule has 4 heteroatoms. The van der Waals surface area contributed by atoms with E-state index in [0.717, 1.165) is 37.7 Å². The lowest BCUT2D eigenvalue weighted by Crippen LogP contribution is -2.39. The smallest absolute Gasteiger partial charge is 0.197 e. The van der Waals surface area contributed by atoms with Crippen LogP contribution < -0.4 is 15.2 Å². The van der Waals surface area contributed by atoms with Crippen LogP contribution in [0.25, 0.3) is 0 Å². The van der Waals surface area contributed by atoms with E-state index < -0.39 is 5.54 Å². The van der Waals surface area contributed by atoms with Crippen molar-refractivity contribution in [2.75, 3.05) is 13.2 Å². The number of nitrogens with two attached hydrogens (primary N) is 1. The first-order valence-electron chi connectivity index (χ1n) is 7.08. The van der Waals surface area contributed by atoms with Crippen molar-refractivity contribution in [1.29, 1.82) is 0 Å². The molecule has 104 valence electrons.